The quantitative estimate of drug-likeness (QED) is 0.265. The second-order valence-electron chi connectivity index (χ2n) is 6.94. The van der Waals surface area contributed by atoms with E-state index in [0.717, 1.165) is 11.5 Å². The summed E-state index contributed by atoms with van der Waals surface area (Å²) in [5.41, 5.74) is 6.37. The number of hydrogen-bond donors (Lipinski definition) is 3. The minimum Gasteiger partial charge on any atom is -0.477 e. The van der Waals surface area contributed by atoms with Gasteiger partial charge in [0.25, 0.3) is 11.8 Å². The number of carboxylic acids is 1. The van der Waals surface area contributed by atoms with Gasteiger partial charge in [0.1, 0.15) is 23.7 Å². The number of nitrogens with two attached hydrogens (primary N) is 1. The molecule has 2 unspecified atom stereocenters. The van der Waals surface area contributed by atoms with E-state index in [9.17, 15) is 19.5 Å². The van der Waals surface area contributed by atoms with Gasteiger partial charge in [-0.05, 0) is 30.7 Å². The summed E-state index contributed by atoms with van der Waals surface area (Å²) in [6.45, 7) is 1.89. The number of fused-ring (bicyclic) bond motifs is 1. The number of oxime groups is 1. The Kier molecular flexibility index (Phi) is 6.88. The van der Waals surface area contributed by atoms with Crippen LogP contribution in [-0.2, 0) is 19.2 Å². The van der Waals surface area contributed by atoms with Gasteiger partial charge in [-0.25, -0.2) is 4.79 Å². The molecule has 0 bridgehead atoms. The van der Waals surface area contributed by atoms with Crippen LogP contribution in [0.5, 0.6) is 0 Å². The first-order valence-electron chi connectivity index (χ1n) is 10.0. The monoisotopic (exact) mass is 501 g/mol. The van der Waals surface area contributed by atoms with Crippen molar-refractivity contribution < 1.29 is 24.3 Å². The molecule has 34 heavy (non-hydrogen) atoms. The Bertz CT molecular complexity index is 1210. The van der Waals surface area contributed by atoms with E-state index in [2.05, 4.69) is 24.8 Å². The van der Waals surface area contributed by atoms with Gasteiger partial charge in [0.2, 0.25) is 11.5 Å². The maximum Gasteiger partial charge on any atom is 0.352 e. The van der Waals surface area contributed by atoms with Crippen LogP contribution in [0, 0.1) is 0 Å². The molecule has 12 nitrogen and oxygen atoms in total. The predicted molar refractivity (Wildman–Crippen MR) is 125 cm³/mol. The number of carbonyl (C=O) groups is 3. The maximum atomic E-state index is 12.9. The van der Waals surface area contributed by atoms with Crippen LogP contribution in [0.4, 0.5) is 5.13 Å². The molecule has 2 aliphatic heterocycles. The summed E-state index contributed by atoms with van der Waals surface area (Å²) >= 11 is 2.22. The molecular formula is C20H19N7O5S2. The van der Waals surface area contributed by atoms with Gasteiger partial charge >= 0.3 is 5.97 Å². The van der Waals surface area contributed by atoms with Crippen LogP contribution in [0.25, 0.3) is 6.08 Å². The van der Waals surface area contributed by atoms with Crippen LogP contribution in [0.15, 0.2) is 46.9 Å². The topological polar surface area (TPSA) is 173 Å². The van der Waals surface area contributed by atoms with Crippen molar-refractivity contribution in [3.8, 4) is 0 Å². The summed E-state index contributed by atoms with van der Waals surface area (Å²) in [5.74, 6) is -2.21. The van der Waals surface area contributed by atoms with Gasteiger partial charge in [-0.2, -0.15) is 9.36 Å². The number of rotatable bonds is 8. The minimum absolute atomic E-state index is 0.0264. The number of carboxylic acid groups (broad SMARTS) is 1. The predicted octanol–water partition coefficient (Wildman–Crippen LogP) is 0.708. The van der Waals surface area contributed by atoms with E-state index in [1.165, 1.54) is 16.7 Å². The lowest BCUT2D eigenvalue weighted by atomic mass is 10.0. The van der Waals surface area contributed by atoms with Gasteiger partial charge in [0, 0.05) is 23.5 Å². The van der Waals surface area contributed by atoms with E-state index in [1.54, 1.807) is 37.4 Å². The Balaban J connectivity index is 1.53. The highest BCUT2D eigenvalue weighted by molar-refractivity contribution is 8.00. The van der Waals surface area contributed by atoms with Crippen LogP contribution in [0.1, 0.15) is 18.4 Å². The third-order valence-corrected chi connectivity index (χ3v) is 6.63. The van der Waals surface area contributed by atoms with E-state index < -0.39 is 29.2 Å². The molecule has 4 heterocycles. The highest BCUT2D eigenvalue weighted by Crippen LogP contribution is 2.40. The van der Waals surface area contributed by atoms with E-state index >= 15 is 0 Å². The normalized spacial score (nSPS) is 20.2. The Labute approximate surface area is 201 Å². The first-order chi connectivity index (χ1) is 16.4. The molecule has 1 saturated heterocycles. The number of thioether (sulfide) groups is 1. The van der Waals surface area contributed by atoms with Crippen molar-refractivity contribution in [2.24, 2.45) is 5.16 Å². The number of aromatic nitrogens is 3. The van der Waals surface area contributed by atoms with Crippen molar-refractivity contribution in [3.63, 3.8) is 0 Å². The first-order valence-corrected chi connectivity index (χ1v) is 11.8. The van der Waals surface area contributed by atoms with Crippen molar-refractivity contribution in [1.29, 1.82) is 0 Å². The molecule has 176 valence electrons. The molecule has 2 aliphatic rings. The number of pyridine rings is 1. The van der Waals surface area contributed by atoms with Gasteiger partial charge in [0.15, 0.2) is 5.13 Å². The second kappa shape index (κ2) is 10.0. The van der Waals surface area contributed by atoms with Crippen molar-refractivity contribution in [2.75, 3.05) is 18.1 Å². The molecule has 14 heteroatoms. The van der Waals surface area contributed by atoms with Gasteiger partial charge in [-0.1, -0.05) is 17.3 Å². The van der Waals surface area contributed by atoms with Gasteiger partial charge in [0.05, 0.1) is 5.69 Å². The number of amides is 2. The number of nitrogens with one attached hydrogen (secondary N) is 1. The molecule has 0 aliphatic carbocycles. The summed E-state index contributed by atoms with van der Waals surface area (Å²) in [4.78, 5) is 52.0. The highest BCUT2D eigenvalue weighted by Gasteiger charge is 2.54. The van der Waals surface area contributed by atoms with E-state index in [4.69, 9.17) is 10.6 Å². The maximum absolute atomic E-state index is 12.9. The highest BCUT2D eigenvalue weighted by atomic mass is 32.2. The Morgan fingerprint density at radius 3 is 2.88 bits per heavy atom. The zero-order chi connectivity index (χ0) is 24.2. The molecule has 1 fully saturated rings. The molecule has 0 aromatic carbocycles. The van der Waals surface area contributed by atoms with Crippen LogP contribution in [0.2, 0.25) is 0 Å². The van der Waals surface area contributed by atoms with E-state index in [0.29, 0.717) is 17.0 Å². The van der Waals surface area contributed by atoms with Crippen molar-refractivity contribution in [1.82, 2.24) is 24.6 Å². The molecule has 0 radical (unpaired) electrons. The lowest BCUT2D eigenvalue weighted by Gasteiger charge is -2.49. The number of hydrogen-bond acceptors (Lipinski definition) is 11. The van der Waals surface area contributed by atoms with Crippen LogP contribution in [-0.4, -0.2) is 71.6 Å². The van der Waals surface area contributed by atoms with E-state index in [1.807, 2.05) is 6.07 Å². The zero-order valence-electron chi connectivity index (χ0n) is 17.7. The summed E-state index contributed by atoms with van der Waals surface area (Å²) in [7, 11) is 0. The molecular weight excluding hydrogens is 482 g/mol. The molecule has 4 rings (SSSR count). The van der Waals surface area contributed by atoms with Crippen molar-refractivity contribution in [3.05, 3.63) is 53.3 Å². The van der Waals surface area contributed by atoms with E-state index in [-0.39, 0.29) is 29.0 Å². The zero-order valence-corrected chi connectivity index (χ0v) is 19.4. The Morgan fingerprint density at radius 1 is 1.41 bits per heavy atom. The Hall–Kier alpha value is -3.78. The number of anilines is 1. The summed E-state index contributed by atoms with van der Waals surface area (Å²) in [5, 5.41) is 15.7. The number of aliphatic carboxylic acids is 1. The van der Waals surface area contributed by atoms with Crippen molar-refractivity contribution in [2.45, 2.75) is 18.3 Å². The number of nitrogen functional groups attached to an aromatic ring is 1. The van der Waals surface area contributed by atoms with Crippen LogP contribution < -0.4 is 11.1 Å². The first kappa shape index (κ1) is 23.4. The molecule has 2 atom stereocenters. The SMILES string of the molecule is CCO/N=C(/C(=O)NC1C(=O)N2C(C(=O)O)=C(/C=C/c3ccccn3)CSC12)c1nsc(N)n1. The van der Waals surface area contributed by atoms with Crippen LogP contribution >= 0.6 is 23.3 Å². The second-order valence-corrected chi connectivity index (χ2v) is 8.83. The third-order valence-electron chi connectivity index (χ3n) is 4.78. The number of carbonyl (C=O) groups excluding carboxylic acids is 2. The number of allylic oxidation sites excluding steroid dienone is 1. The fourth-order valence-electron chi connectivity index (χ4n) is 3.29. The van der Waals surface area contributed by atoms with Gasteiger partial charge < -0.3 is 21.0 Å². The number of nitrogens with zero attached hydrogens (tertiary/aromatic N) is 5. The summed E-state index contributed by atoms with van der Waals surface area (Å²) in [6.07, 6.45) is 4.95. The smallest absolute Gasteiger partial charge is 0.352 e. The fourth-order valence-corrected chi connectivity index (χ4v) is 5.04. The largest absolute Gasteiger partial charge is 0.477 e. The molecule has 2 amide bonds. The van der Waals surface area contributed by atoms with Gasteiger partial charge in [-0.3, -0.25) is 19.5 Å². The Morgan fingerprint density at radius 2 is 2.24 bits per heavy atom. The lowest BCUT2D eigenvalue weighted by Crippen LogP contribution is -2.71. The standard InChI is InChI=1S/C20H19N7O5S2/c1-2-32-25-12(15-24-20(21)34-26-15)16(28)23-13-17(29)27-14(19(30)31)10(9-33-18(13)27)6-7-11-5-3-4-8-22-11/h3-8,13,18H,2,9H2,1H3,(H,23,28)(H,30,31)(H2,21,24,26)/b7-6+,25-12+. The average Bonchev–Trinajstić information content (AvgIpc) is 3.27. The molecule has 2 aromatic rings. The lowest BCUT2D eigenvalue weighted by molar-refractivity contribution is -0.150. The molecule has 4 N–H and O–H groups in total. The number of β-lactam (4-membered cyclic amide) rings is 1. The summed E-state index contributed by atoms with van der Waals surface area (Å²) in [6, 6.07) is 4.42. The molecule has 2 aromatic heterocycles. The average molecular weight is 502 g/mol. The third kappa shape index (κ3) is 4.63. The fraction of sp³-hybridized carbons (Fsp3) is 0.250. The molecule has 0 spiro atoms. The van der Waals surface area contributed by atoms with Gasteiger partial charge in [-0.15, -0.1) is 11.8 Å². The molecule has 0 saturated carbocycles. The van der Waals surface area contributed by atoms with Crippen molar-refractivity contribution >= 4 is 58.0 Å². The summed E-state index contributed by atoms with van der Waals surface area (Å²) < 4.78 is 3.97. The minimum atomic E-state index is -1.23. The van der Waals surface area contributed by atoms with Crippen LogP contribution in [0.3, 0.4) is 0 Å².